The number of likely N-dealkylation sites (tertiary alicyclic amines) is 1. The molecule has 0 saturated carbocycles. The van der Waals surface area contributed by atoms with E-state index in [9.17, 15) is 4.79 Å². The molecule has 0 aromatic heterocycles. The topological polar surface area (TPSA) is 41.6 Å². The van der Waals surface area contributed by atoms with E-state index in [1.165, 1.54) is 11.1 Å². The summed E-state index contributed by atoms with van der Waals surface area (Å²) in [5, 5.41) is 3.07. The van der Waals surface area contributed by atoms with Gasteiger partial charge < -0.3 is 10.1 Å². The number of fused-ring (bicyclic) bond motifs is 1. The number of carbonyl (C=O) groups is 1. The number of amides is 1. The van der Waals surface area contributed by atoms with Crippen molar-refractivity contribution in [2.75, 3.05) is 13.1 Å². The zero-order chi connectivity index (χ0) is 15.9. The van der Waals surface area contributed by atoms with E-state index in [1.54, 1.807) is 6.07 Å². The Labute approximate surface area is 136 Å². The van der Waals surface area contributed by atoms with Crippen molar-refractivity contribution in [3.63, 3.8) is 0 Å². The standard InChI is InChI=1S/C19H20N2O2/c1-14-6-8-15(9-7-14)12-21-11-10-19(13-21)20-18(22)16-4-2-3-5-17(16)23-19/h2-9H,10-13H2,1H3,(H,20,22). The summed E-state index contributed by atoms with van der Waals surface area (Å²) in [5.41, 5.74) is 2.59. The molecule has 4 heteroatoms. The van der Waals surface area contributed by atoms with Gasteiger partial charge in [-0.2, -0.15) is 0 Å². The third kappa shape index (κ3) is 2.70. The van der Waals surface area contributed by atoms with E-state index in [0.717, 1.165) is 19.5 Å². The number of aryl methyl sites for hydroxylation is 1. The molecular weight excluding hydrogens is 288 g/mol. The van der Waals surface area contributed by atoms with Crippen LogP contribution >= 0.6 is 0 Å². The van der Waals surface area contributed by atoms with Crippen LogP contribution in [0.25, 0.3) is 0 Å². The molecule has 118 valence electrons. The highest BCUT2D eigenvalue weighted by molar-refractivity contribution is 5.98. The molecule has 0 bridgehead atoms. The first-order valence-corrected chi connectivity index (χ1v) is 8.02. The number of hydrogen-bond acceptors (Lipinski definition) is 3. The van der Waals surface area contributed by atoms with Crippen LogP contribution in [0.3, 0.4) is 0 Å². The number of ether oxygens (including phenoxy) is 1. The summed E-state index contributed by atoms with van der Waals surface area (Å²) in [7, 11) is 0. The zero-order valence-electron chi connectivity index (χ0n) is 13.2. The number of para-hydroxylation sites is 1. The number of benzene rings is 2. The van der Waals surface area contributed by atoms with Crippen LogP contribution < -0.4 is 10.1 Å². The van der Waals surface area contributed by atoms with E-state index in [1.807, 2.05) is 18.2 Å². The fourth-order valence-corrected chi connectivity index (χ4v) is 3.38. The molecule has 2 aromatic rings. The third-order valence-electron chi connectivity index (χ3n) is 4.62. The van der Waals surface area contributed by atoms with E-state index >= 15 is 0 Å². The van der Waals surface area contributed by atoms with Gasteiger partial charge in [-0.3, -0.25) is 9.69 Å². The van der Waals surface area contributed by atoms with Crippen LogP contribution in [0.2, 0.25) is 0 Å². The number of nitrogens with one attached hydrogen (secondary N) is 1. The van der Waals surface area contributed by atoms with E-state index < -0.39 is 5.72 Å². The zero-order valence-corrected chi connectivity index (χ0v) is 13.2. The van der Waals surface area contributed by atoms with Crippen LogP contribution in [0, 0.1) is 6.92 Å². The normalized spacial score (nSPS) is 23.4. The van der Waals surface area contributed by atoms with Gasteiger partial charge >= 0.3 is 0 Å². The number of hydrogen-bond donors (Lipinski definition) is 1. The second-order valence-electron chi connectivity index (χ2n) is 6.49. The summed E-state index contributed by atoms with van der Waals surface area (Å²) in [6.07, 6.45) is 0.804. The fraction of sp³-hybridized carbons (Fsp3) is 0.316. The molecule has 1 unspecified atom stereocenters. The lowest BCUT2D eigenvalue weighted by molar-refractivity contribution is 0.0246. The monoisotopic (exact) mass is 308 g/mol. The van der Waals surface area contributed by atoms with Crippen LogP contribution in [0.5, 0.6) is 5.75 Å². The first-order valence-electron chi connectivity index (χ1n) is 8.02. The smallest absolute Gasteiger partial charge is 0.258 e. The van der Waals surface area contributed by atoms with Crippen molar-refractivity contribution < 1.29 is 9.53 Å². The van der Waals surface area contributed by atoms with E-state index in [2.05, 4.69) is 41.4 Å². The molecule has 1 fully saturated rings. The maximum Gasteiger partial charge on any atom is 0.258 e. The van der Waals surface area contributed by atoms with Crippen molar-refractivity contribution in [3.05, 3.63) is 65.2 Å². The van der Waals surface area contributed by atoms with Gasteiger partial charge in [0.1, 0.15) is 5.75 Å². The Morgan fingerprint density at radius 3 is 2.78 bits per heavy atom. The highest BCUT2D eigenvalue weighted by Crippen LogP contribution is 2.33. The molecule has 23 heavy (non-hydrogen) atoms. The quantitative estimate of drug-likeness (QED) is 0.927. The molecule has 1 amide bonds. The summed E-state index contributed by atoms with van der Waals surface area (Å²) in [6.45, 7) is 4.59. The van der Waals surface area contributed by atoms with Crippen molar-refractivity contribution in [1.29, 1.82) is 0 Å². The summed E-state index contributed by atoms with van der Waals surface area (Å²) in [6, 6.07) is 16.0. The first-order chi connectivity index (χ1) is 11.1. The van der Waals surface area contributed by atoms with Crippen molar-refractivity contribution in [2.24, 2.45) is 0 Å². The second kappa shape index (κ2) is 5.39. The van der Waals surface area contributed by atoms with Gasteiger partial charge in [-0.15, -0.1) is 0 Å². The molecule has 1 saturated heterocycles. The van der Waals surface area contributed by atoms with E-state index in [0.29, 0.717) is 17.9 Å². The Bertz CT molecular complexity index is 741. The van der Waals surface area contributed by atoms with Gasteiger partial charge in [0.15, 0.2) is 5.72 Å². The van der Waals surface area contributed by atoms with Crippen LogP contribution in [-0.4, -0.2) is 29.6 Å². The molecule has 0 aliphatic carbocycles. The molecule has 4 nitrogen and oxygen atoms in total. The summed E-state index contributed by atoms with van der Waals surface area (Å²) >= 11 is 0. The maximum atomic E-state index is 12.3. The van der Waals surface area contributed by atoms with Crippen LogP contribution in [-0.2, 0) is 6.54 Å². The summed E-state index contributed by atoms with van der Waals surface area (Å²) < 4.78 is 6.16. The lowest BCUT2D eigenvalue weighted by Gasteiger charge is -2.36. The average Bonchev–Trinajstić information content (AvgIpc) is 2.91. The molecular formula is C19H20N2O2. The predicted molar refractivity (Wildman–Crippen MR) is 88.3 cm³/mol. The minimum absolute atomic E-state index is 0.0379. The van der Waals surface area contributed by atoms with Crippen molar-refractivity contribution in [3.8, 4) is 5.75 Å². The van der Waals surface area contributed by atoms with Gasteiger partial charge in [0.05, 0.1) is 12.1 Å². The number of rotatable bonds is 2. The van der Waals surface area contributed by atoms with Gasteiger partial charge in [-0.1, -0.05) is 42.0 Å². The largest absolute Gasteiger partial charge is 0.466 e. The molecule has 2 aliphatic rings. The van der Waals surface area contributed by atoms with Gasteiger partial charge in [0.2, 0.25) is 0 Å². The minimum Gasteiger partial charge on any atom is -0.466 e. The highest BCUT2D eigenvalue weighted by atomic mass is 16.5. The highest BCUT2D eigenvalue weighted by Gasteiger charge is 2.45. The summed E-state index contributed by atoms with van der Waals surface area (Å²) in [4.78, 5) is 14.7. The maximum absolute atomic E-state index is 12.3. The minimum atomic E-state index is -0.587. The van der Waals surface area contributed by atoms with Crippen LogP contribution in [0.1, 0.15) is 27.9 Å². The lowest BCUT2D eigenvalue weighted by atomic mass is 10.1. The SMILES string of the molecule is Cc1ccc(CN2CCC3(C2)NC(=O)c2ccccc2O3)cc1. The Hall–Kier alpha value is -2.33. The molecule has 2 aromatic carbocycles. The third-order valence-corrected chi connectivity index (χ3v) is 4.62. The number of carbonyl (C=O) groups excluding carboxylic acids is 1. The van der Waals surface area contributed by atoms with Crippen LogP contribution in [0.15, 0.2) is 48.5 Å². The first kappa shape index (κ1) is 14.3. The van der Waals surface area contributed by atoms with Gasteiger partial charge in [-0.25, -0.2) is 0 Å². The lowest BCUT2D eigenvalue weighted by Crippen LogP contribution is -2.57. The molecule has 4 rings (SSSR count). The predicted octanol–water partition coefficient (Wildman–Crippen LogP) is 2.72. The molecule has 1 spiro atoms. The Morgan fingerprint density at radius 2 is 1.96 bits per heavy atom. The Morgan fingerprint density at radius 1 is 1.17 bits per heavy atom. The van der Waals surface area contributed by atoms with Crippen molar-refractivity contribution >= 4 is 5.91 Å². The molecule has 2 aliphatic heterocycles. The fourth-order valence-electron chi connectivity index (χ4n) is 3.38. The van der Waals surface area contributed by atoms with Gasteiger partial charge in [0, 0.05) is 19.5 Å². The molecule has 1 atom stereocenters. The average molecular weight is 308 g/mol. The Balaban J connectivity index is 1.50. The molecule has 1 N–H and O–H groups in total. The second-order valence-corrected chi connectivity index (χ2v) is 6.49. The number of nitrogens with zero attached hydrogens (tertiary/aromatic N) is 1. The van der Waals surface area contributed by atoms with E-state index in [-0.39, 0.29) is 5.91 Å². The molecule has 0 radical (unpaired) electrons. The van der Waals surface area contributed by atoms with Gasteiger partial charge in [-0.05, 0) is 24.6 Å². The Kier molecular flexibility index (Phi) is 3.34. The summed E-state index contributed by atoms with van der Waals surface area (Å²) in [5.74, 6) is 0.650. The van der Waals surface area contributed by atoms with Crippen molar-refractivity contribution in [2.45, 2.75) is 25.6 Å². The molecule has 2 heterocycles. The van der Waals surface area contributed by atoms with Crippen LogP contribution in [0.4, 0.5) is 0 Å². The van der Waals surface area contributed by atoms with E-state index in [4.69, 9.17) is 4.74 Å². The van der Waals surface area contributed by atoms with Crippen molar-refractivity contribution in [1.82, 2.24) is 10.2 Å². The van der Waals surface area contributed by atoms with Gasteiger partial charge in [0.25, 0.3) is 5.91 Å².